The van der Waals surface area contributed by atoms with Gasteiger partial charge in [-0.3, -0.25) is 0 Å². The van der Waals surface area contributed by atoms with Crippen molar-refractivity contribution in [3.05, 3.63) is 35.1 Å². The van der Waals surface area contributed by atoms with Crippen molar-refractivity contribution in [1.82, 2.24) is 5.32 Å². The van der Waals surface area contributed by atoms with E-state index in [9.17, 15) is 4.39 Å². The molecule has 0 aliphatic heterocycles. The van der Waals surface area contributed by atoms with E-state index in [2.05, 4.69) is 11.4 Å². The van der Waals surface area contributed by atoms with Gasteiger partial charge in [-0.25, -0.2) is 4.39 Å². The van der Waals surface area contributed by atoms with Crippen LogP contribution in [0.5, 0.6) is 0 Å². The minimum atomic E-state index is -0.00815. The Bertz CT molecular complexity index is 450. The topological polar surface area (TPSA) is 12.0 Å². The van der Waals surface area contributed by atoms with Gasteiger partial charge in [-0.2, -0.15) is 0 Å². The Hall–Kier alpha value is -0.890. The molecular formula is C16H20FN. The van der Waals surface area contributed by atoms with Crippen LogP contribution in [-0.2, 0) is 6.42 Å². The van der Waals surface area contributed by atoms with Gasteiger partial charge in [-0.15, -0.1) is 0 Å². The zero-order valence-electron chi connectivity index (χ0n) is 10.7. The lowest BCUT2D eigenvalue weighted by molar-refractivity contribution is 0.364. The van der Waals surface area contributed by atoms with Gasteiger partial charge in [0.15, 0.2) is 0 Å². The van der Waals surface area contributed by atoms with Crippen LogP contribution in [0.2, 0.25) is 0 Å². The number of fused-ring (bicyclic) bond motifs is 1. The van der Waals surface area contributed by atoms with E-state index in [1.54, 1.807) is 6.07 Å². The fourth-order valence-corrected chi connectivity index (χ4v) is 3.58. The lowest BCUT2D eigenvalue weighted by Gasteiger charge is -2.23. The molecule has 0 heterocycles. The second kappa shape index (κ2) is 4.06. The summed E-state index contributed by atoms with van der Waals surface area (Å²) in [5.74, 6) is 1.82. The molecule has 0 saturated heterocycles. The summed E-state index contributed by atoms with van der Waals surface area (Å²) in [6, 6.07) is 6.68. The molecule has 1 aromatic carbocycles. The first-order valence-electron chi connectivity index (χ1n) is 7.36. The molecule has 18 heavy (non-hydrogen) atoms. The van der Waals surface area contributed by atoms with Crippen molar-refractivity contribution in [2.24, 2.45) is 11.8 Å². The molecule has 1 nitrogen and oxygen atoms in total. The Morgan fingerprint density at radius 1 is 1.06 bits per heavy atom. The van der Waals surface area contributed by atoms with Crippen LogP contribution in [0.3, 0.4) is 0 Å². The van der Waals surface area contributed by atoms with Crippen LogP contribution >= 0.6 is 0 Å². The van der Waals surface area contributed by atoms with Crippen LogP contribution in [0.25, 0.3) is 0 Å². The van der Waals surface area contributed by atoms with Crippen LogP contribution < -0.4 is 5.32 Å². The summed E-state index contributed by atoms with van der Waals surface area (Å²) in [4.78, 5) is 0. The second-order valence-corrected chi connectivity index (χ2v) is 6.27. The van der Waals surface area contributed by atoms with Crippen LogP contribution in [-0.4, -0.2) is 6.04 Å². The first-order chi connectivity index (χ1) is 8.83. The molecule has 0 spiro atoms. The van der Waals surface area contributed by atoms with E-state index in [0.29, 0.717) is 12.1 Å². The van der Waals surface area contributed by atoms with E-state index in [1.165, 1.54) is 31.2 Å². The number of benzene rings is 1. The van der Waals surface area contributed by atoms with Gasteiger partial charge < -0.3 is 5.32 Å². The normalized spacial score (nSPS) is 26.7. The number of nitrogens with one attached hydrogen (secondary N) is 1. The zero-order valence-corrected chi connectivity index (χ0v) is 10.7. The quantitative estimate of drug-likeness (QED) is 0.854. The average molecular weight is 245 g/mol. The highest BCUT2D eigenvalue weighted by Crippen LogP contribution is 2.46. The minimum Gasteiger partial charge on any atom is -0.307 e. The first kappa shape index (κ1) is 11.0. The Morgan fingerprint density at radius 2 is 1.78 bits per heavy atom. The average Bonchev–Trinajstić information content (AvgIpc) is 3.26. The van der Waals surface area contributed by atoms with Gasteiger partial charge >= 0.3 is 0 Å². The van der Waals surface area contributed by atoms with Crippen molar-refractivity contribution in [1.29, 1.82) is 0 Å². The Labute approximate surface area is 108 Å². The lowest BCUT2D eigenvalue weighted by Crippen LogP contribution is -2.35. The highest BCUT2D eigenvalue weighted by Gasteiger charge is 2.42. The molecule has 1 atom stereocenters. The second-order valence-electron chi connectivity index (χ2n) is 6.27. The van der Waals surface area contributed by atoms with Gasteiger partial charge in [-0.05, 0) is 67.6 Å². The summed E-state index contributed by atoms with van der Waals surface area (Å²) in [5.41, 5.74) is 2.18. The molecule has 96 valence electrons. The van der Waals surface area contributed by atoms with Gasteiger partial charge in [0.2, 0.25) is 0 Å². The summed E-state index contributed by atoms with van der Waals surface area (Å²) < 4.78 is 13.7. The van der Waals surface area contributed by atoms with Crippen molar-refractivity contribution in [2.75, 3.05) is 0 Å². The van der Waals surface area contributed by atoms with Crippen LogP contribution in [0, 0.1) is 17.7 Å². The van der Waals surface area contributed by atoms with E-state index in [1.807, 2.05) is 6.07 Å². The number of rotatable bonds is 4. The van der Waals surface area contributed by atoms with Gasteiger partial charge in [0, 0.05) is 12.1 Å². The highest BCUT2D eigenvalue weighted by atomic mass is 19.1. The summed E-state index contributed by atoms with van der Waals surface area (Å²) in [6.07, 6.45) is 7.58. The molecule has 4 rings (SSSR count). The van der Waals surface area contributed by atoms with Gasteiger partial charge in [-0.1, -0.05) is 12.1 Å². The maximum atomic E-state index is 13.7. The Morgan fingerprint density at radius 3 is 2.44 bits per heavy atom. The fraction of sp³-hybridized carbons (Fsp3) is 0.625. The first-order valence-corrected chi connectivity index (χ1v) is 7.36. The summed E-state index contributed by atoms with van der Waals surface area (Å²) >= 11 is 0. The standard InChI is InChI=1S/C16H20FN/c17-14-3-1-2-13-12(14)8-9-15(13)18-16(10-4-5-10)11-6-7-11/h1-3,10-11,15-16,18H,4-9H2. The molecule has 0 amide bonds. The van der Waals surface area contributed by atoms with Crippen LogP contribution in [0.4, 0.5) is 4.39 Å². The zero-order chi connectivity index (χ0) is 12.1. The van der Waals surface area contributed by atoms with Gasteiger partial charge in [0.25, 0.3) is 0 Å². The maximum Gasteiger partial charge on any atom is 0.126 e. The largest absolute Gasteiger partial charge is 0.307 e. The van der Waals surface area contributed by atoms with Crippen molar-refractivity contribution >= 4 is 0 Å². The number of hydrogen-bond donors (Lipinski definition) is 1. The molecule has 1 N–H and O–H groups in total. The molecule has 2 saturated carbocycles. The van der Waals surface area contributed by atoms with Crippen LogP contribution in [0.15, 0.2) is 18.2 Å². The number of hydrogen-bond acceptors (Lipinski definition) is 1. The van der Waals surface area contributed by atoms with E-state index in [0.717, 1.165) is 30.2 Å². The molecule has 3 aliphatic carbocycles. The van der Waals surface area contributed by atoms with Crippen molar-refractivity contribution < 1.29 is 4.39 Å². The van der Waals surface area contributed by atoms with E-state index in [4.69, 9.17) is 0 Å². The molecule has 0 bridgehead atoms. The van der Waals surface area contributed by atoms with Gasteiger partial charge in [0.1, 0.15) is 5.82 Å². The molecule has 0 radical (unpaired) electrons. The van der Waals surface area contributed by atoms with Crippen LogP contribution in [0.1, 0.15) is 49.3 Å². The third-order valence-electron chi connectivity index (χ3n) is 4.87. The molecule has 2 fully saturated rings. The predicted octanol–water partition coefficient (Wildman–Crippen LogP) is 3.59. The fourth-order valence-electron chi connectivity index (χ4n) is 3.58. The molecule has 1 aromatic rings. The minimum absolute atomic E-state index is 0.00815. The summed E-state index contributed by atoms with van der Waals surface area (Å²) in [7, 11) is 0. The molecule has 3 aliphatic rings. The van der Waals surface area contributed by atoms with Crippen molar-refractivity contribution in [2.45, 2.75) is 50.6 Å². The molecule has 2 heteroatoms. The third kappa shape index (κ3) is 1.87. The maximum absolute atomic E-state index is 13.7. The van der Waals surface area contributed by atoms with E-state index in [-0.39, 0.29) is 5.82 Å². The molecule has 1 unspecified atom stereocenters. The van der Waals surface area contributed by atoms with Gasteiger partial charge in [0.05, 0.1) is 0 Å². The molecular weight excluding hydrogens is 225 g/mol. The Balaban J connectivity index is 1.55. The smallest absolute Gasteiger partial charge is 0.126 e. The van der Waals surface area contributed by atoms with E-state index >= 15 is 0 Å². The summed E-state index contributed by atoms with van der Waals surface area (Å²) in [5, 5.41) is 3.86. The van der Waals surface area contributed by atoms with Crippen molar-refractivity contribution in [3.63, 3.8) is 0 Å². The summed E-state index contributed by atoms with van der Waals surface area (Å²) in [6.45, 7) is 0. The lowest BCUT2D eigenvalue weighted by atomic mass is 10.0. The predicted molar refractivity (Wildman–Crippen MR) is 69.8 cm³/mol. The van der Waals surface area contributed by atoms with Crippen molar-refractivity contribution in [3.8, 4) is 0 Å². The molecule has 0 aromatic heterocycles. The number of halogens is 1. The SMILES string of the molecule is Fc1cccc2c1CCC2NC(C1CC1)C1CC1. The Kier molecular flexibility index (Phi) is 2.47. The highest BCUT2D eigenvalue weighted by molar-refractivity contribution is 5.35. The third-order valence-corrected chi connectivity index (χ3v) is 4.87. The van der Waals surface area contributed by atoms with E-state index < -0.39 is 0 Å². The monoisotopic (exact) mass is 245 g/mol.